The highest BCUT2D eigenvalue weighted by atomic mass is 19.3. The molecule has 2 saturated heterocycles. The van der Waals surface area contributed by atoms with E-state index >= 15 is 0 Å². The van der Waals surface area contributed by atoms with E-state index < -0.39 is 13.2 Å². The number of aromatic nitrogens is 8. The summed E-state index contributed by atoms with van der Waals surface area (Å²) in [6.07, 6.45) is 8.91. The molecule has 0 aliphatic carbocycles. The van der Waals surface area contributed by atoms with Gasteiger partial charge in [0.1, 0.15) is 11.5 Å². The van der Waals surface area contributed by atoms with Gasteiger partial charge in [-0.2, -0.15) is 17.6 Å². The van der Waals surface area contributed by atoms with Gasteiger partial charge >= 0.3 is 13.2 Å². The summed E-state index contributed by atoms with van der Waals surface area (Å²) >= 11 is 0. The Hall–Kier alpha value is -8.64. The first-order valence-corrected chi connectivity index (χ1v) is 24.1. The Morgan fingerprint density at radius 2 is 0.974 bits per heavy atom. The first kappa shape index (κ1) is 52.2. The number of nitrogens with zero attached hydrogens (tertiary/aromatic N) is 8. The summed E-state index contributed by atoms with van der Waals surface area (Å²) in [5.74, 6) is 0.749. The maximum Gasteiger partial charge on any atom is 0.387 e. The normalized spacial score (nSPS) is 15.6. The number of hydrogen-bond acceptors (Lipinski definition) is 14. The number of hydrogen-bond donors (Lipinski definition) is 6. The molecule has 20 nitrogen and oxygen atoms in total. The molecule has 2 atom stereocenters. The SMILES string of the molecule is Cn1c(=O)c2ccc(-c3cnc(NC4CCNC(=O)C4)nc3)cc2n1Cc1cc(CO)ccc1OC(F)F.Cn1c(=O)c2ccc(-c3cnc(N[C@H]4CCNC(=O)C4)nc3)cc2n1Cc1cc(CO)ccc1OC(F)F. The fraction of sp³-hybridized carbons (Fsp3) is 0.308. The zero-order chi connectivity index (χ0) is 53.6. The monoisotopic (exact) mass is 1050 g/mol. The molecule has 0 bridgehead atoms. The second kappa shape index (κ2) is 22.9. The first-order valence-electron chi connectivity index (χ1n) is 24.1. The fourth-order valence-corrected chi connectivity index (χ4v) is 9.22. The maximum absolute atomic E-state index is 13.0. The number of amides is 2. The first-order chi connectivity index (χ1) is 36.6. The number of anilines is 2. The van der Waals surface area contributed by atoms with Crippen molar-refractivity contribution in [3.05, 3.63) is 141 Å². The third kappa shape index (κ3) is 11.8. The highest BCUT2D eigenvalue weighted by Gasteiger charge is 2.23. The van der Waals surface area contributed by atoms with Gasteiger partial charge in [0.2, 0.25) is 23.7 Å². The number of carbonyl (C=O) groups excluding carboxylic acids is 2. The number of benzene rings is 4. The van der Waals surface area contributed by atoms with Crippen LogP contribution in [-0.2, 0) is 50.0 Å². The lowest BCUT2D eigenvalue weighted by atomic mass is 10.1. The van der Waals surface area contributed by atoms with Crippen LogP contribution in [-0.4, -0.2) is 99.1 Å². The van der Waals surface area contributed by atoms with E-state index in [1.165, 1.54) is 33.6 Å². The molecule has 8 aromatic rings. The molecule has 2 aliphatic rings. The average Bonchev–Trinajstić information content (AvgIpc) is 3.80. The molecule has 4 aromatic heterocycles. The summed E-state index contributed by atoms with van der Waals surface area (Å²) in [5.41, 5.74) is 5.48. The Kier molecular flexibility index (Phi) is 15.7. The van der Waals surface area contributed by atoms with Gasteiger partial charge < -0.3 is 41.0 Å². The lowest BCUT2D eigenvalue weighted by Gasteiger charge is -2.22. The fourth-order valence-electron chi connectivity index (χ4n) is 9.22. The molecule has 2 fully saturated rings. The van der Waals surface area contributed by atoms with Crippen molar-refractivity contribution in [2.75, 3.05) is 23.7 Å². The van der Waals surface area contributed by atoms with E-state index in [0.29, 0.717) is 93.0 Å². The summed E-state index contributed by atoms with van der Waals surface area (Å²) in [6, 6.07) is 19.5. The predicted octanol–water partition coefficient (Wildman–Crippen LogP) is 5.26. The minimum atomic E-state index is -3.02. The van der Waals surface area contributed by atoms with Crippen molar-refractivity contribution in [1.82, 2.24) is 49.3 Å². The van der Waals surface area contributed by atoms with Crippen LogP contribution in [0.25, 0.3) is 44.1 Å². The number of aliphatic hydroxyl groups excluding tert-OH is 2. The molecule has 6 heterocycles. The second-order valence-electron chi connectivity index (χ2n) is 18.2. The van der Waals surface area contributed by atoms with Gasteiger partial charge in [0.25, 0.3) is 11.1 Å². The maximum atomic E-state index is 13.0. The van der Waals surface area contributed by atoms with Crippen LogP contribution >= 0.6 is 0 Å². The van der Waals surface area contributed by atoms with E-state index in [-0.39, 0.29) is 72.8 Å². The lowest BCUT2D eigenvalue weighted by Crippen LogP contribution is -2.39. The minimum absolute atomic E-state index is 0.0106. The summed E-state index contributed by atoms with van der Waals surface area (Å²) in [7, 11) is 3.20. The summed E-state index contributed by atoms with van der Waals surface area (Å²) in [5, 5.41) is 31.9. The molecule has 76 heavy (non-hydrogen) atoms. The second-order valence-corrected chi connectivity index (χ2v) is 18.2. The van der Waals surface area contributed by atoms with Crippen molar-refractivity contribution < 1.29 is 46.8 Å². The van der Waals surface area contributed by atoms with E-state index in [2.05, 4.69) is 50.7 Å². The van der Waals surface area contributed by atoms with Crippen molar-refractivity contribution in [1.29, 1.82) is 0 Å². The molecule has 10 rings (SSSR count). The smallest absolute Gasteiger partial charge is 0.387 e. The third-order valence-corrected chi connectivity index (χ3v) is 13.1. The van der Waals surface area contributed by atoms with Gasteiger partial charge in [-0.1, -0.05) is 24.3 Å². The van der Waals surface area contributed by atoms with Crippen molar-refractivity contribution in [2.24, 2.45) is 14.1 Å². The van der Waals surface area contributed by atoms with Gasteiger partial charge in [-0.05, 0) is 83.6 Å². The van der Waals surface area contributed by atoms with E-state index in [1.54, 1.807) is 84.6 Å². The number of fused-ring (bicyclic) bond motifs is 2. The molecule has 396 valence electrons. The van der Waals surface area contributed by atoms with Gasteiger partial charge in [-0.3, -0.25) is 37.9 Å². The van der Waals surface area contributed by atoms with Gasteiger partial charge in [0.05, 0.1) is 48.1 Å². The molecule has 0 saturated carbocycles. The number of rotatable bonds is 16. The van der Waals surface area contributed by atoms with Crippen molar-refractivity contribution >= 4 is 45.5 Å². The number of alkyl halides is 4. The Labute approximate surface area is 429 Å². The average molecular weight is 1050 g/mol. The van der Waals surface area contributed by atoms with Crippen molar-refractivity contribution in [3.63, 3.8) is 0 Å². The van der Waals surface area contributed by atoms with E-state index in [4.69, 9.17) is 0 Å². The number of piperidine rings is 2. The number of halogens is 4. The third-order valence-electron chi connectivity index (χ3n) is 13.1. The van der Waals surface area contributed by atoms with E-state index in [9.17, 15) is 47.0 Å². The van der Waals surface area contributed by atoms with Gasteiger partial charge in [0, 0.05) is 99.2 Å². The van der Waals surface area contributed by atoms with Crippen LogP contribution < -0.4 is 41.9 Å². The van der Waals surface area contributed by atoms with Crippen LogP contribution in [0.2, 0.25) is 0 Å². The highest BCUT2D eigenvalue weighted by Crippen LogP contribution is 2.30. The summed E-state index contributed by atoms with van der Waals surface area (Å²) in [6.45, 7) is -5.24. The number of nitrogens with one attached hydrogen (secondary N) is 4. The highest BCUT2D eigenvalue weighted by molar-refractivity contribution is 5.86. The Bertz CT molecular complexity index is 3300. The van der Waals surface area contributed by atoms with Gasteiger partial charge in [-0.25, -0.2) is 19.9 Å². The minimum Gasteiger partial charge on any atom is -0.434 e. The summed E-state index contributed by atoms with van der Waals surface area (Å²) in [4.78, 5) is 66.6. The molecule has 2 amide bonds. The van der Waals surface area contributed by atoms with E-state index in [1.807, 2.05) is 12.1 Å². The molecular formula is C52H52F4N12O8. The van der Waals surface area contributed by atoms with Crippen molar-refractivity contribution in [3.8, 4) is 33.8 Å². The largest absolute Gasteiger partial charge is 0.434 e. The molecule has 0 radical (unpaired) electrons. The van der Waals surface area contributed by atoms with Crippen LogP contribution in [0, 0.1) is 0 Å². The lowest BCUT2D eigenvalue weighted by molar-refractivity contribution is -0.123. The van der Waals surface area contributed by atoms with Gasteiger partial charge in [0.15, 0.2) is 0 Å². The van der Waals surface area contributed by atoms with Crippen LogP contribution in [0.5, 0.6) is 11.5 Å². The quantitative estimate of drug-likeness (QED) is 0.0677. The topological polar surface area (TPSA) is 247 Å². The van der Waals surface area contributed by atoms with E-state index in [0.717, 1.165) is 24.0 Å². The standard InChI is InChI=1S/2C26H26F2N6O4/c2*1-33-24(37)20-4-3-16(18-11-30-26(31-12-18)32-19-6-7-29-23(36)10-19)9-21(20)34(33)13-17-8-15(14-35)2-5-22(17)38-25(27)28/h2*2-5,8-9,11-12,19,25,35H,6-7,10,13-14H2,1H3,(H,29,36)(H,30,31,32)/t19-;/m0./s1. The van der Waals surface area contributed by atoms with Crippen LogP contribution in [0.15, 0.2) is 107 Å². The zero-order valence-electron chi connectivity index (χ0n) is 41.1. The number of aliphatic hydroxyl groups is 2. The number of carbonyl (C=O) groups is 2. The molecule has 1 unspecified atom stereocenters. The Morgan fingerprint density at radius 1 is 0.579 bits per heavy atom. The molecule has 24 heteroatoms. The molecule has 0 spiro atoms. The molecule has 2 aliphatic heterocycles. The summed E-state index contributed by atoms with van der Waals surface area (Å²) < 4.78 is 67.6. The van der Waals surface area contributed by atoms with Gasteiger partial charge in [-0.15, -0.1) is 0 Å². The Balaban J connectivity index is 0.000000186. The zero-order valence-corrected chi connectivity index (χ0v) is 41.1. The van der Waals surface area contributed by atoms with Crippen LogP contribution in [0.1, 0.15) is 47.9 Å². The molecule has 6 N–H and O–H groups in total. The predicted molar refractivity (Wildman–Crippen MR) is 272 cm³/mol. The molecule has 4 aromatic carbocycles. The van der Waals surface area contributed by atoms with Crippen molar-refractivity contribution in [2.45, 2.75) is 77.3 Å². The Morgan fingerprint density at radius 3 is 1.33 bits per heavy atom. The van der Waals surface area contributed by atoms with Crippen LogP contribution in [0.3, 0.4) is 0 Å². The number of ether oxygens (including phenoxy) is 2. The molecular weight excluding hydrogens is 997 g/mol. The van der Waals surface area contributed by atoms with Crippen LogP contribution in [0.4, 0.5) is 29.5 Å².